The first-order valence-electron chi connectivity index (χ1n) is 12.5. The first kappa shape index (κ1) is 23.2. The van der Waals surface area contributed by atoms with Gasteiger partial charge in [-0.15, -0.1) is 0 Å². The van der Waals surface area contributed by atoms with E-state index in [0.29, 0.717) is 50.5 Å². The van der Waals surface area contributed by atoms with Crippen LogP contribution in [0.5, 0.6) is 5.88 Å². The van der Waals surface area contributed by atoms with Crippen LogP contribution >= 0.6 is 0 Å². The van der Waals surface area contributed by atoms with Crippen LogP contribution in [0, 0.1) is 5.92 Å². The molecule has 1 aromatic carbocycles. The maximum absolute atomic E-state index is 12.5. The van der Waals surface area contributed by atoms with Gasteiger partial charge in [0.05, 0.1) is 22.8 Å². The fraction of sp³-hybridized carbons (Fsp3) is 0.480. The van der Waals surface area contributed by atoms with Crippen molar-refractivity contribution in [2.75, 3.05) is 37.6 Å². The number of ether oxygens (including phenoxy) is 1. The molecular formula is C25H30N6O4S. The number of carbonyl (C=O) groups excluding carboxylic acids is 1. The third kappa shape index (κ3) is 4.41. The van der Waals surface area contributed by atoms with Gasteiger partial charge in [0.2, 0.25) is 21.8 Å². The molecule has 3 aliphatic rings. The summed E-state index contributed by atoms with van der Waals surface area (Å²) in [5, 5.41) is 2.70. The van der Waals surface area contributed by atoms with Crippen molar-refractivity contribution in [3.05, 3.63) is 36.7 Å². The highest BCUT2D eigenvalue weighted by Gasteiger charge is 2.41. The number of benzene rings is 1. The predicted molar refractivity (Wildman–Crippen MR) is 136 cm³/mol. The van der Waals surface area contributed by atoms with Gasteiger partial charge in [0, 0.05) is 56.3 Å². The van der Waals surface area contributed by atoms with Gasteiger partial charge < -0.3 is 19.9 Å². The molecule has 1 saturated carbocycles. The first-order chi connectivity index (χ1) is 17.4. The van der Waals surface area contributed by atoms with Crippen LogP contribution in [0.2, 0.25) is 0 Å². The van der Waals surface area contributed by atoms with Crippen LogP contribution in [0.1, 0.15) is 26.2 Å². The van der Waals surface area contributed by atoms with Crippen LogP contribution in [0.3, 0.4) is 0 Å². The van der Waals surface area contributed by atoms with Gasteiger partial charge in [-0.25, -0.2) is 18.4 Å². The van der Waals surface area contributed by atoms with Crippen LogP contribution < -0.4 is 15.0 Å². The number of nitrogens with one attached hydrogen (secondary N) is 2. The second-order valence-corrected chi connectivity index (χ2v) is 12.1. The van der Waals surface area contributed by atoms with Crippen molar-refractivity contribution in [3.63, 3.8) is 0 Å². The van der Waals surface area contributed by atoms with Crippen molar-refractivity contribution >= 4 is 32.7 Å². The van der Waals surface area contributed by atoms with Gasteiger partial charge in [-0.2, -0.15) is 4.31 Å². The van der Waals surface area contributed by atoms with Crippen LogP contribution in [0.4, 0.5) is 5.69 Å². The Morgan fingerprint density at radius 1 is 1.11 bits per heavy atom. The zero-order valence-corrected chi connectivity index (χ0v) is 21.0. The van der Waals surface area contributed by atoms with E-state index in [1.54, 1.807) is 10.6 Å². The van der Waals surface area contributed by atoms with Crippen molar-refractivity contribution in [2.45, 2.75) is 37.5 Å². The molecule has 0 radical (unpaired) electrons. The Balaban J connectivity index is 1.18. The zero-order valence-electron chi connectivity index (χ0n) is 20.2. The molecule has 3 fully saturated rings. The number of hydrogen-bond acceptors (Lipinski definition) is 7. The summed E-state index contributed by atoms with van der Waals surface area (Å²) in [4.78, 5) is 26.2. The van der Waals surface area contributed by atoms with Gasteiger partial charge in [0.15, 0.2) is 5.52 Å². The number of piperazine rings is 1. The van der Waals surface area contributed by atoms with E-state index in [1.807, 2.05) is 25.1 Å². The van der Waals surface area contributed by atoms with Crippen molar-refractivity contribution < 1.29 is 17.9 Å². The van der Waals surface area contributed by atoms with Crippen LogP contribution in [-0.4, -0.2) is 77.7 Å². The maximum Gasteiger partial charge on any atom is 0.243 e. The summed E-state index contributed by atoms with van der Waals surface area (Å²) in [7, 11) is -3.11. The van der Waals surface area contributed by atoms with Crippen LogP contribution in [0.15, 0.2) is 36.7 Å². The number of rotatable bonds is 7. The SMILES string of the molecule is C[C@@H](Oc1nc(-c2ccc(N3CCN(S(=O)(=O)C4CC4)CC3)cc2)cc2[nH]cnc12)[C@H]1CNC(=O)C1. The highest BCUT2D eigenvalue weighted by atomic mass is 32.2. The molecule has 0 unspecified atom stereocenters. The summed E-state index contributed by atoms with van der Waals surface area (Å²) in [6, 6.07) is 10.1. The van der Waals surface area contributed by atoms with Crippen molar-refractivity contribution in [2.24, 2.45) is 5.92 Å². The van der Waals surface area contributed by atoms with E-state index in [2.05, 4.69) is 32.3 Å². The lowest BCUT2D eigenvalue weighted by molar-refractivity contribution is -0.119. The maximum atomic E-state index is 12.5. The lowest BCUT2D eigenvalue weighted by Gasteiger charge is -2.35. The third-order valence-electron chi connectivity index (χ3n) is 7.42. The smallest absolute Gasteiger partial charge is 0.243 e. The number of imidazole rings is 1. The standard InChI is InChI=1S/C25H30N6O4S/c1-16(18-12-23(32)26-14-18)35-25-24-22(27-15-28-24)13-21(29-25)17-2-4-19(5-3-17)30-8-10-31(11-9-30)36(33,34)20-6-7-20/h2-5,13,15-16,18,20H,6-12,14H2,1H3,(H,26,32)(H,27,28)/t16-,18-/m1/s1. The number of sulfonamides is 1. The van der Waals surface area contributed by atoms with Gasteiger partial charge in [0.1, 0.15) is 6.10 Å². The fourth-order valence-electron chi connectivity index (χ4n) is 5.00. The number of hydrogen-bond donors (Lipinski definition) is 2. The molecule has 1 amide bonds. The van der Waals surface area contributed by atoms with Gasteiger partial charge in [-0.3, -0.25) is 4.79 Å². The minimum atomic E-state index is -3.11. The lowest BCUT2D eigenvalue weighted by atomic mass is 10.0. The molecule has 0 spiro atoms. The largest absolute Gasteiger partial charge is 0.473 e. The van der Waals surface area contributed by atoms with E-state index >= 15 is 0 Å². The third-order valence-corrected chi connectivity index (χ3v) is 9.82. The number of aromatic nitrogens is 3. The van der Waals surface area contributed by atoms with Gasteiger partial charge in [-0.05, 0) is 38.0 Å². The Hall–Kier alpha value is -3.18. The highest BCUT2D eigenvalue weighted by Crippen LogP contribution is 2.33. The summed E-state index contributed by atoms with van der Waals surface area (Å²) in [5.74, 6) is 0.594. The lowest BCUT2D eigenvalue weighted by Crippen LogP contribution is -2.49. The Morgan fingerprint density at radius 2 is 1.86 bits per heavy atom. The Kier molecular flexibility index (Phi) is 5.83. The van der Waals surface area contributed by atoms with E-state index in [-0.39, 0.29) is 23.2 Å². The molecule has 2 atom stereocenters. The summed E-state index contributed by atoms with van der Waals surface area (Å²) in [6.07, 6.45) is 3.49. The molecule has 11 heteroatoms. The highest BCUT2D eigenvalue weighted by molar-refractivity contribution is 7.90. The topological polar surface area (TPSA) is 121 Å². The van der Waals surface area contributed by atoms with Gasteiger partial charge in [0.25, 0.3) is 0 Å². The molecule has 0 bridgehead atoms. The van der Waals surface area contributed by atoms with Gasteiger partial charge >= 0.3 is 0 Å². The van der Waals surface area contributed by atoms with E-state index in [1.165, 1.54) is 0 Å². The summed E-state index contributed by atoms with van der Waals surface area (Å²) < 4.78 is 32.9. The average Bonchev–Trinajstić information content (AvgIpc) is 3.50. The van der Waals surface area contributed by atoms with Crippen LogP contribution in [-0.2, 0) is 14.8 Å². The number of nitrogens with zero attached hydrogens (tertiary/aromatic N) is 4. The predicted octanol–water partition coefficient (Wildman–Crippen LogP) is 2.14. The normalized spacial score (nSPS) is 22.1. The molecule has 6 rings (SSSR count). The summed E-state index contributed by atoms with van der Waals surface area (Å²) in [5.41, 5.74) is 4.27. The molecule has 2 aliphatic heterocycles. The Labute approximate surface area is 210 Å². The molecule has 1 aliphatic carbocycles. The molecule has 10 nitrogen and oxygen atoms in total. The van der Waals surface area contributed by atoms with E-state index < -0.39 is 10.0 Å². The zero-order chi connectivity index (χ0) is 24.9. The molecule has 4 heterocycles. The number of amides is 1. The fourth-order valence-corrected chi connectivity index (χ4v) is 6.82. The summed E-state index contributed by atoms with van der Waals surface area (Å²) in [6.45, 7) is 4.98. The van der Waals surface area contributed by atoms with Crippen molar-refractivity contribution in [1.82, 2.24) is 24.6 Å². The van der Waals surface area contributed by atoms with E-state index in [0.717, 1.165) is 35.3 Å². The second-order valence-electron chi connectivity index (χ2n) is 9.88. The number of fused-ring (bicyclic) bond motifs is 1. The number of carbonyl (C=O) groups is 1. The second kappa shape index (κ2) is 9.04. The van der Waals surface area contributed by atoms with E-state index in [9.17, 15) is 13.2 Å². The number of aromatic amines is 1. The first-order valence-corrected chi connectivity index (χ1v) is 14.0. The van der Waals surface area contributed by atoms with Crippen molar-refractivity contribution in [3.8, 4) is 17.1 Å². The van der Waals surface area contributed by atoms with Gasteiger partial charge in [-0.1, -0.05) is 12.1 Å². The molecule has 3 aromatic rings. The molecule has 190 valence electrons. The minimum absolute atomic E-state index is 0.0492. The Morgan fingerprint density at radius 3 is 2.53 bits per heavy atom. The minimum Gasteiger partial charge on any atom is -0.473 e. The quantitative estimate of drug-likeness (QED) is 0.500. The average molecular weight is 511 g/mol. The molecule has 2 N–H and O–H groups in total. The number of pyridine rings is 1. The number of H-pyrrole nitrogens is 1. The molecule has 2 saturated heterocycles. The molecule has 36 heavy (non-hydrogen) atoms. The molecular weight excluding hydrogens is 480 g/mol. The van der Waals surface area contributed by atoms with Crippen molar-refractivity contribution in [1.29, 1.82) is 0 Å². The molecule has 2 aromatic heterocycles. The van der Waals surface area contributed by atoms with E-state index in [4.69, 9.17) is 9.72 Å². The number of anilines is 1. The summed E-state index contributed by atoms with van der Waals surface area (Å²) >= 11 is 0. The Bertz CT molecular complexity index is 1380. The van der Waals surface area contributed by atoms with Crippen LogP contribution in [0.25, 0.3) is 22.3 Å². The monoisotopic (exact) mass is 510 g/mol.